The van der Waals surface area contributed by atoms with Crippen molar-refractivity contribution in [2.24, 2.45) is 0 Å². The Balaban J connectivity index is 2.03. The first-order valence-electron chi connectivity index (χ1n) is 7.16. The third-order valence-corrected chi connectivity index (χ3v) is 3.80. The van der Waals surface area contributed by atoms with E-state index in [-0.39, 0.29) is 5.78 Å². The van der Waals surface area contributed by atoms with E-state index in [9.17, 15) is 14.9 Å². The van der Waals surface area contributed by atoms with E-state index in [2.05, 4.69) is 16.7 Å². The minimum absolute atomic E-state index is 0.0557. The highest BCUT2D eigenvalue weighted by atomic mass is 16.2. The van der Waals surface area contributed by atoms with E-state index in [4.69, 9.17) is 0 Å². The molecule has 1 aliphatic carbocycles. The third kappa shape index (κ3) is 3.82. The molecule has 5 nitrogen and oxygen atoms in total. The molecule has 0 saturated heterocycles. The summed E-state index contributed by atoms with van der Waals surface area (Å²) in [5.41, 5.74) is 0.324. The number of amides is 2. The van der Waals surface area contributed by atoms with Crippen LogP contribution in [0.3, 0.4) is 0 Å². The summed E-state index contributed by atoms with van der Waals surface area (Å²) in [5.74, 6) is -0.0557. The average molecular weight is 285 g/mol. The van der Waals surface area contributed by atoms with E-state index in [1.807, 2.05) is 0 Å². The van der Waals surface area contributed by atoms with Gasteiger partial charge in [-0.25, -0.2) is 4.79 Å². The average Bonchev–Trinajstić information content (AvgIpc) is 2.48. The Kier molecular flexibility index (Phi) is 4.59. The van der Waals surface area contributed by atoms with Crippen molar-refractivity contribution in [3.8, 4) is 6.07 Å². The maximum Gasteiger partial charge on any atom is 0.320 e. The number of carbonyl (C=O) groups is 2. The predicted octanol–water partition coefficient (Wildman–Crippen LogP) is 3.24. The highest BCUT2D eigenvalue weighted by Gasteiger charge is 2.33. The number of benzene rings is 1. The van der Waals surface area contributed by atoms with Crippen molar-refractivity contribution < 1.29 is 9.59 Å². The summed E-state index contributed by atoms with van der Waals surface area (Å²) in [5, 5.41) is 14.8. The number of hydrogen-bond acceptors (Lipinski definition) is 3. The number of Topliss-reactive ketones (excluding diaryl/α,β-unsaturated/α-hetero) is 1. The topological polar surface area (TPSA) is 82.0 Å². The summed E-state index contributed by atoms with van der Waals surface area (Å²) in [6, 6.07) is 8.59. The minimum atomic E-state index is -0.763. The lowest BCUT2D eigenvalue weighted by Gasteiger charge is -2.31. The Labute approximate surface area is 124 Å². The van der Waals surface area contributed by atoms with E-state index in [1.165, 1.54) is 6.92 Å². The molecule has 1 aromatic carbocycles. The van der Waals surface area contributed by atoms with Gasteiger partial charge in [0.05, 0.1) is 6.07 Å². The molecule has 1 aromatic rings. The van der Waals surface area contributed by atoms with Gasteiger partial charge in [0.1, 0.15) is 5.54 Å². The van der Waals surface area contributed by atoms with Gasteiger partial charge in [0.2, 0.25) is 0 Å². The van der Waals surface area contributed by atoms with Gasteiger partial charge in [-0.05, 0) is 31.9 Å². The Bertz CT molecular complexity index is 583. The van der Waals surface area contributed by atoms with Gasteiger partial charge in [0, 0.05) is 11.3 Å². The van der Waals surface area contributed by atoms with Crippen molar-refractivity contribution in [2.75, 3.05) is 5.32 Å². The van der Waals surface area contributed by atoms with Crippen molar-refractivity contribution in [3.05, 3.63) is 29.8 Å². The van der Waals surface area contributed by atoms with Crippen LogP contribution in [-0.2, 0) is 0 Å². The van der Waals surface area contributed by atoms with Gasteiger partial charge in [0.25, 0.3) is 0 Å². The molecule has 1 aliphatic rings. The molecule has 2 N–H and O–H groups in total. The molecule has 1 fully saturated rings. The van der Waals surface area contributed by atoms with Crippen molar-refractivity contribution in [2.45, 2.75) is 44.6 Å². The largest absolute Gasteiger partial charge is 0.320 e. The van der Waals surface area contributed by atoms with Crippen LogP contribution in [0.15, 0.2) is 24.3 Å². The summed E-state index contributed by atoms with van der Waals surface area (Å²) in [4.78, 5) is 23.4. The zero-order chi connectivity index (χ0) is 15.3. The lowest BCUT2D eigenvalue weighted by Crippen LogP contribution is -2.50. The minimum Gasteiger partial charge on any atom is -0.319 e. The monoisotopic (exact) mass is 285 g/mol. The molecule has 0 bridgehead atoms. The fraction of sp³-hybridized carbons (Fsp3) is 0.438. The lowest BCUT2D eigenvalue weighted by molar-refractivity contribution is 0.101. The van der Waals surface area contributed by atoms with Gasteiger partial charge in [-0.1, -0.05) is 31.4 Å². The number of nitriles is 1. The summed E-state index contributed by atoms with van der Waals surface area (Å²) < 4.78 is 0. The number of rotatable bonds is 3. The molecule has 0 heterocycles. The van der Waals surface area contributed by atoms with Gasteiger partial charge >= 0.3 is 6.03 Å². The summed E-state index contributed by atoms with van der Waals surface area (Å²) in [6.45, 7) is 1.48. The number of nitrogens with zero attached hydrogens (tertiary/aromatic N) is 1. The molecule has 5 heteroatoms. The number of nitrogens with one attached hydrogen (secondary N) is 2. The fourth-order valence-corrected chi connectivity index (χ4v) is 2.62. The second-order valence-corrected chi connectivity index (χ2v) is 5.47. The second-order valence-electron chi connectivity index (χ2n) is 5.47. The number of ketones is 1. The molecule has 2 amide bonds. The van der Waals surface area contributed by atoms with Crippen LogP contribution < -0.4 is 10.6 Å². The molecule has 0 spiro atoms. The van der Waals surface area contributed by atoms with Crippen molar-refractivity contribution in [3.63, 3.8) is 0 Å². The normalized spacial score (nSPS) is 16.6. The van der Waals surface area contributed by atoms with Crippen molar-refractivity contribution in [1.29, 1.82) is 5.26 Å². The van der Waals surface area contributed by atoms with Crippen LogP contribution >= 0.6 is 0 Å². The molecular formula is C16H19N3O2. The van der Waals surface area contributed by atoms with Gasteiger partial charge in [-0.3, -0.25) is 4.79 Å². The smallest absolute Gasteiger partial charge is 0.319 e. The van der Waals surface area contributed by atoms with Crippen LogP contribution in [-0.4, -0.2) is 17.4 Å². The number of anilines is 1. The number of carbonyl (C=O) groups excluding carboxylic acids is 2. The van der Waals surface area contributed by atoms with E-state index in [0.717, 1.165) is 19.3 Å². The SMILES string of the molecule is CC(=O)c1cccc(NC(=O)NC2(C#N)CCCCC2)c1. The van der Waals surface area contributed by atoms with Crippen LogP contribution in [0.4, 0.5) is 10.5 Å². The Hall–Kier alpha value is -2.35. The molecule has 0 atom stereocenters. The van der Waals surface area contributed by atoms with Crippen LogP contribution in [0.2, 0.25) is 0 Å². The van der Waals surface area contributed by atoms with Crippen LogP contribution in [0.25, 0.3) is 0 Å². The predicted molar refractivity (Wildman–Crippen MR) is 80.0 cm³/mol. The first-order chi connectivity index (χ1) is 10.0. The van der Waals surface area contributed by atoms with E-state index in [0.29, 0.717) is 24.1 Å². The first-order valence-corrected chi connectivity index (χ1v) is 7.16. The van der Waals surface area contributed by atoms with Crippen molar-refractivity contribution in [1.82, 2.24) is 5.32 Å². The molecule has 2 rings (SSSR count). The first kappa shape index (κ1) is 15.0. The molecule has 110 valence electrons. The maximum atomic E-state index is 12.1. The van der Waals surface area contributed by atoms with E-state index >= 15 is 0 Å². The van der Waals surface area contributed by atoms with Gasteiger partial charge in [0.15, 0.2) is 5.78 Å². The third-order valence-electron chi connectivity index (χ3n) is 3.80. The zero-order valence-corrected chi connectivity index (χ0v) is 12.1. The van der Waals surface area contributed by atoms with Crippen LogP contribution in [0.5, 0.6) is 0 Å². The number of hydrogen-bond donors (Lipinski definition) is 2. The summed E-state index contributed by atoms with van der Waals surface area (Å²) in [6.07, 6.45) is 4.38. The Morgan fingerprint density at radius 3 is 2.57 bits per heavy atom. The second kappa shape index (κ2) is 6.40. The molecule has 0 aliphatic heterocycles. The quantitative estimate of drug-likeness (QED) is 0.836. The fourth-order valence-electron chi connectivity index (χ4n) is 2.62. The maximum absolute atomic E-state index is 12.1. The van der Waals surface area contributed by atoms with Gasteiger partial charge in [-0.15, -0.1) is 0 Å². The number of urea groups is 1. The standard InChI is InChI=1S/C16H19N3O2/c1-12(20)13-6-5-7-14(10-13)18-15(21)19-16(11-17)8-3-2-4-9-16/h5-7,10H,2-4,8-9H2,1H3,(H2,18,19,21). The molecule has 1 saturated carbocycles. The van der Waals surface area contributed by atoms with Crippen molar-refractivity contribution >= 4 is 17.5 Å². The lowest BCUT2D eigenvalue weighted by atomic mass is 9.83. The van der Waals surface area contributed by atoms with E-state index in [1.54, 1.807) is 24.3 Å². The van der Waals surface area contributed by atoms with Gasteiger partial charge < -0.3 is 10.6 Å². The van der Waals surface area contributed by atoms with Crippen LogP contribution in [0, 0.1) is 11.3 Å². The zero-order valence-electron chi connectivity index (χ0n) is 12.1. The van der Waals surface area contributed by atoms with Crippen LogP contribution in [0.1, 0.15) is 49.4 Å². The molecule has 0 radical (unpaired) electrons. The Morgan fingerprint density at radius 1 is 1.24 bits per heavy atom. The Morgan fingerprint density at radius 2 is 1.95 bits per heavy atom. The molecule has 0 unspecified atom stereocenters. The molecular weight excluding hydrogens is 266 g/mol. The van der Waals surface area contributed by atoms with E-state index < -0.39 is 11.6 Å². The summed E-state index contributed by atoms with van der Waals surface area (Å²) in [7, 11) is 0. The highest BCUT2D eigenvalue weighted by molar-refractivity contribution is 5.96. The molecule has 0 aromatic heterocycles. The summed E-state index contributed by atoms with van der Waals surface area (Å²) >= 11 is 0. The van der Waals surface area contributed by atoms with Gasteiger partial charge in [-0.2, -0.15) is 5.26 Å². The highest BCUT2D eigenvalue weighted by Crippen LogP contribution is 2.27. The molecule has 21 heavy (non-hydrogen) atoms.